The van der Waals surface area contributed by atoms with Crippen molar-refractivity contribution in [2.45, 2.75) is 6.92 Å². The summed E-state index contributed by atoms with van der Waals surface area (Å²) in [5.74, 6) is -0.952. The Morgan fingerprint density at radius 3 is 2.60 bits per heavy atom. The molecule has 2 aromatic carbocycles. The number of carbonyl (C=O) groups excluding carboxylic acids is 1. The lowest BCUT2D eigenvalue weighted by Crippen LogP contribution is -2.21. The number of benzene rings is 2. The van der Waals surface area contributed by atoms with Gasteiger partial charge in [-0.25, -0.2) is 0 Å². The summed E-state index contributed by atoms with van der Waals surface area (Å²) in [7, 11) is 0. The van der Waals surface area contributed by atoms with Gasteiger partial charge in [-0.2, -0.15) is 10.1 Å². The third kappa shape index (κ3) is 3.09. The van der Waals surface area contributed by atoms with E-state index in [1.54, 1.807) is 31.2 Å². The predicted molar refractivity (Wildman–Crippen MR) is 94.8 cm³/mol. The van der Waals surface area contributed by atoms with Crippen molar-refractivity contribution >= 4 is 40.7 Å². The minimum Gasteiger partial charge on any atom is -0.502 e. The van der Waals surface area contributed by atoms with Crippen molar-refractivity contribution < 1.29 is 14.8 Å². The second-order valence-electron chi connectivity index (χ2n) is 5.32. The molecule has 1 amide bonds. The van der Waals surface area contributed by atoms with Gasteiger partial charge in [0.2, 0.25) is 5.75 Å². The molecule has 0 saturated carbocycles. The van der Waals surface area contributed by atoms with Crippen LogP contribution in [-0.2, 0) is 4.79 Å². The number of aromatic hydroxyl groups is 1. The number of rotatable bonds is 3. The lowest BCUT2D eigenvalue weighted by Gasteiger charge is -2.11. The van der Waals surface area contributed by atoms with Crippen LogP contribution in [0.2, 0.25) is 5.02 Å². The van der Waals surface area contributed by atoms with Gasteiger partial charge in [-0.15, -0.1) is 0 Å². The van der Waals surface area contributed by atoms with Crippen molar-refractivity contribution in [3.05, 3.63) is 68.7 Å². The molecular formula is C17H12ClN3O4. The van der Waals surface area contributed by atoms with E-state index in [0.717, 1.165) is 6.07 Å². The molecule has 126 valence electrons. The molecule has 0 saturated heterocycles. The molecule has 7 nitrogen and oxygen atoms in total. The molecule has 0 aliphatic carbocycles. The van der Waals surface area contributed by atoms with Gasteiger partial charge in [0.25, 0.3) is 5.91 Å². The maximum absolute atomic E-state index is 12.6. The van der Waals surface area contributed by atoms with Gasteiger partial charge in [0.1, 0.15) is 0 Å². The van der Waals surface area contributed by atoms with Crippen LogP contribution >= 0.6 is 11.6 Å². The van der Waals surface area contributed by atoms with Crippen molar-refractivity contribution in [3.8, 4) is 5.75 Å². The van der Waals surface area contributed by atoms with Crippen LogP contribution < -0.4 is 5.01 Å². The van der Waals surface area contributed by atoms with Crippen LogP contribution in [0, 0.1) is 10.1 Å². The maximum Gasteiger partial charge on any atom is 0.312 e. The maximum atomic E-state index is 12.6. The summed E-state index contributed by atoms with van der Waals surface area (Å²) in [6.45, 7) is 1.64. The normalized spacial score (nSPS) is 15.6. The van der Waals surface area contributed by atoms with E-state index in [1.165, 1.54) is 17.2 Å². The number of halogens is 1. The lowest BCUT2D eigenvalue weighted by molar-refractivity contribution is -0.385. The van der Waals surface area contributed by atoms with Crippen molar-refractivity contribution in [1.82, 2.24) is 0 Å². The Balaban J connectivity index is 2.05. The van der Waals surface area contributed by atoms with E-state index in [0.29, 0.717) is 11.4 Å². The molecule has 0 spiro atoms. The fourth-order valence-corrected chi connectivity index (χ4v) is 2.66. The van der Waals surface area contributed by atoms with Gasteiger partial charge in [0.15, 0.2) is 0 Å². The SMILES string of the molecule is CC1=NN(c2ccccc2)C(=O)/C1=C\c1cc(Cl)cc([N+](=O)[O-])c1O. The molecular weight excluding hydrogens is 346 g/mol. The summed E-state index contributed by atoms with van der Waals surface area (Å²) < 4.78 is 0. The molecule has 0 atom stereocenters. The van der Waals surface area contributed by atoms with Crippen LogP contribution in [0.1, 0.15) is 12.5 Å². The molecule has 1 aliphatic heterocycles. The van der Waals surface area contributed by atoms with Crippen molar-refractivity contribution in [3.63, 3.8) is 0 Å². The molecule has 8 heteroatoms. The number of nitro benzene ring substituents is 1. The Hall–Kier alpha value is -3.19. The first-order valence-corrected chi connectivity index (χ1v) is 7.60. The Bertz CT molecular complexity index is 938. The number of nitrogens with zero attached hydrogens (tertiary/aromatic N) is 3. The molecule has 1 heterocycles. The first-order valence-electron chi connectivity index (χ1n) is 7.22. The summed E-state index contributed by atoms with van der Waals surface area (Å²) in [5.41, 5.74) is 0.787. The van der Waals surface area contributed by atoms with Gasteiger partial charge in [-0.05, 0) is 31.2 Å². The summed E-state index contributed by atoms with van der Waals surface area (Å²) in [5, 5.41) is 26.6. The van der Waals surface area contributed by atoms with Crippen LogP contribution in [0.5, 0.6) is 5.75 Å². The molecule has 0 radical (unpaired) electrons. The fourth-order valence-electron chi connectivity index (χ4n) is 2.44. The number of phenolic OH excluding ortho intramolecular Hbond substituents is 1. The second kappa shape index (κ2) is 6.37. The van der Waals surface area contributed by atoms with Gasteiger partial charge in [-0.3, -0.25) is 14.9 Å². The molecule has 25 heavy (non-hydrogen) atoms. The highest BCUT2D eigenvalue weighted by molar-refractivity contribution is 6.33. The largest absolute Gasteiger partial charge is 0.502 e. The second-order valence-corrected chi connectivity index (χ2v) is 5.75. The number of nitro groups is 1. The van der Waals surface area contributed by atoms with Gasteiger partial charge in [0.05, 0.1) is 21.9 Å². The lowest BCUT2D eigenvalue weighted by atomic mass is 10.1. The van der Waals surface area contributed by atoms with E-state index < -0.39 is 22.3 Å². The van der Waals surface area contributed by atoms with Gasteiger partial charge < -0.3 is 5.11 Å². The monoisotopic (exact) mass is 357 g/mol. The van der Waals surface area contributed by atoms with Gasteiger partial charge in [0, 0.05) is 16.7 Å². The van der Waals surface area contributed by atoms with Crippen molar-refractivity contribution in [2.75, 3.05) is 5.01 Å². The molecule has 1 N–H and O–H groups in total. The third-order valence-electron chi connectivity index (χ3n) is 3.64. The van der Waals surface area contributed by atoms with E-state index in [-0.39, 0.29) is 16.2 Å². The van der Waals surface area contributed by atoms with Gasteiger partial charge in [-0.1, -0.05) is 29.8 Å². The van der Waals surface area contributed by atoms with Crippen molar-refractivity contribution in [2.24, 2.45) is 5.10 Å². The zero-order valence-corrected chi connectivity index (χ0v) is 13.8. The highest BCUT2D eigenvalue weighted by Gasteiger charge is 2.29. The average molecular weight is 358 g/mol. The number of hydrogen-bond donors (Lipinski definition) is 1. The Kier molecular flexibility index (Phi) is 4.24. The van der Waals surface area contributed by atoms with Crippen molar-refractivity contribution in [1.29, 1.82) is 0 Å². The molecule has 0 aromatic heterocycles. The summed E-state index contributed by atoms with van der Waals surface area (Å²) >= 11 is 5.88. The van der Waals surface area contributed by atoms with E-state index in [9.17, 15) is 20.0 Å². The smallest absolute Gasteiger partial charge is 0.312 e. The Labute approximate surface area is 147 Å². The summed E-state index contributed by atoms with van der Waals surface area (Å²) in [6.07, 6.45) is 1.35. The number of hydrogen-bond acceptors (Lipinski definition) is 5. The standard InChI is InChI=1S/C17H12ClN3O4/c1-10-14(17(23)20(19-10)13-5-3-2-4-6-13)8-11-7-12(18)9-15(16(11)22)21(24)25/h2-9,22H,1H3/b14-8-. The molecule has 1 aliphatic rings. The first-order chi connectivity index (χ1) is 11.9. The van der Waals surface area contributed by atoms with Gasteiger partial charge >= 0.3 is 5.69 Å². The summed E-state index contributed by atoms with van der Waals surface area (Å²) in [6, 6.07) is 11.2. The third-order valence-corrected chi connectivity index (χ3v) is 3.86. The number of anilines is 1. The number of carbonyl (C=O) groups is 1. The van der Waals surface area contributed by atoms with Crippen LogP contribution in [-0.4, -0.2) is 21.6 Å². The number of amides is 1. The Morgan fingerprint density at radius 1 is 1.28 bits per heavy atom. The Morgan fingerprint density at radius 2 is 1.96 bits per heavy atom. The van der Waals surface area contributed by atoms with E-state index in [2.05, 4.69) is 5.10 Å². The van der Waals surface area contributed by atoms with Crippen LogP contribution in [0.4, 0.5) is 11.4 Å². The van der Waals surface area contributed by atoms with Crippen LogP contribution in [0.25, 0.3) is 6.08 Å². The summed E-state index contributed by atoms with van der Waals surface area (Å²) in [4.78, 5) is 22.9. The first kappa shape index (κ1) is 16.7. The number of phenols is 1. The highest BCUT2D eigenvalue weighted by atomic mass is 35.5. The quantitative estimate of drug-likeness (QED) is 0.514. The zero-order valence-electron chi connectivity index (χ0n) is 13.0. The minimum atomic E-state index is -0.739. The van der Waals surface area contributed by atoms with E-state index in [4.69, 9.17) is 11.6 Å². The minimum absolute atomic E-state index is 0.0759. The molecule has 3 rings (SSSR count). The van der Waals surface area contributed by atoms with Crippen LogP contribution in [0.3, 0.4) is 0 Å². The van der Waals surface area contributed by atoms with Crippen LogP contribution in [0.15, 0.2) is 53.1 Å². The topological polar surface area (TPSA) is 96.0 Å². The zero-order chi connectivity index (χ0) is 18.1. The fraction of sp³-hybridized carbons (Fsp3) is 0.0588. The predicted octanol–water partition coefficient (Wildman–Crippen LogP) is 3.76. The molecule has 0 fully saturated rings. The van der Waals surface area contributed by atoms with E-state index in [1.807, 2.05) is 6.07 Å². The number of para-hydroxylation sites is 1. The molecule has 0 bridgehead atoms. The number of hydrazone groups is 1. The molecule has 0 unspecified atom stereocenters. The average Bonchev–Trinajstić information content (AvgIpc) is 2.86. The van der Waals surface area contributed by atoms with E-state index >= 15 is 0 Å². The highest BCUT2D eigenvalue weighted by Crippen LogP contribution is 2.35. The molecule has 2 aromatic rings.